The molecule has 15 heavy (non-hydrogen) atoms. The maximum absolute atomic E-state index is 5.88. The quantitative estimate of drug-likeness (QED) is 0.913. The largest absolute Gasteiger partial charge is 0.314 e. The Morgan fingerprint density at radius 1 is 1.60 bits per heavy atom. The lowest BCUT2D eigenvalue weighted by Gasteiger charge is -1.95. The molecule has 0 unspecified atom stereocenters. The summed E-state index contributed by atoms with van der Waals surface area (Å²) in [5.41, 5.74) is 1.95. The maximum atomic E-state index is 5.88. The molecule has 0 aliphatic carbocycles. The molecule has 2 aromatic rings. The number of hydrogen-bond acceptors (Lipinski definition) is 3. The normalized spacial score (nSPS) is 10.9. The minimum atomic E-state index is 0.757. The van der Waals surface area contributed by atoms with Crippen LogP contribution in [0.25, 0.3) is 10.6 Å². The molecule has 0 aromatic carbocycles. The van der Waals surface area contributed by atoms with Crippen molar-refractivity contribution in [2.24, 2.45) is 0 Å². The Morgan fingerprint density at radius 2 is 2.40 bits per heavy atom. The van der Waals surface area contributed by atoms with Gasteiger partial charge in [-0.15, -0.1) is 11.3 Å². The van der Waals surface area contributed by atoms with Crippen LogP contribution in [0.1, 0.15) is 5.69 Å². The van der Waals surface area contributed by atoms with Crippen LogP contribution < -0.4 is 5.32 Å². The van der Waals surface area contributed by atoms with Crippen LogP contribution in [0.5, 0.6) is 0 Å². The summed E-state index contributed by atoms with van der Waals surface area (Å²) in [7, 11) is 1.90. The van der Waals surface area contributed by atoms with Gasteiger partial charge < -0.3 is 5.32 Å². The van der Waals surface area contributed by atoms with Crippen LogP contribution in [0.2, 0.25) is 4.34 Å². The zero-order chi connectivity index (χ0) is 10.8. The van der Waals surface area contributed by atoms with Gasteiger partial charge in [0.15, 0.2) is 0 Å². The summed E-state index contributed by atoms with van der Waals surface area (Å²) >= 11 is 10.9. The summed E-state index contributed by atoms with van der Waals surface area (Å²) in [6.07, 6.45) is 0. The average Bonchev–Trinajstić information content (AvgIpc) is 2.76. The van der Waals surface area contributed by atoms with Crippen LogP contribution in [0.3, 0.4) is 0 Å². The zero-order valence-corrected chi connectivity index (χ0v) is 11.1. The highest BCUT2D eigenvalue weighted by molar-refractivity contribution is 9.10. The van der Waals surface area contributed by atoms with Gasteiger partial charge in [0, 0.05) is 6.54 Å². The molecule has 0 fully saturated rings. The van der Waals surface area contributed by atoms with Crippen LogP contribution in [0.15, 0.2) is 16.6 Å². The molecule has 0 bridgehead atoms. The molecule has 80 valence electrons. The summed E-state index contributed by atoms with van der Waals surface area (Å²) in [5.74, 6) is 0. The second kappa shape index (κ2) is 4.65. The molecule has 0 amide bonds. The number of aromatic nitrogens is 2. The number of nitrogens with zero attached hydrogens (tertiary/aromatic N) is 1. The van der Waals surface area contributed by atoms with E-state index in [4.69, 9.17) is 11.6 Å². The number of H-pyrrole nitrogens is 1. The van der Waals surface area contributed by atoms with E-state index in [1.807, 2.05) is 19.2 Å². The molecule has 0 saturated heterocycles. The fraction of sp³-hybridized carbons (Fsp3) is 0.222. The van der Waals surface area contributed by atoms with E-state index >= 15 is 0 Å². The minimum Gasteiger partial charge on any atom is -0.314 e. The van der Waals surface area contributed by atoms with E-state index < -0.39 is 0 Å². The van der Waals surface area contributed by atoms with Gasteiger partial charge in [-0.25, -0.2) is 0 Å². The third-order valence-electron chi connectivity index (χ3n) is 1.94. The van der Waals surface area contributed by atoms with Gasteiger partial charge in [0.1, 0.15) is 5.69 Å². The SMILES string of the molecule is CNCc1[nH]nc(-c2ccc(Cl)s2)c1Br. The topological polar surface area (TPSA) is 40.7 Å². The highest BCUT2D eigenvalue weighted by Crippen LogP contribution is 2.35. The third-order valence-corrected chi connectivity index (χ3v) is 4.03. The van der Waals surface area contributed by atoms with Gasteiger partial charge in [-0.1, -0.05) is 11.6 Å². The first-order valence-electron chi connectivity index (χ1n) is 4.35. The van der Waals surface area contributed by atoms with Crippen LogP contribution in [-0.2, 0) is 6.54 Å². The van der Waals surface area contributed by atoms with Gasteiger partial charge in [0.2, 0.25) is 0 Å². The van der Waals surface area contributed by atoms with Gasteiger partial charge in [-0.05, 0) is 35.1 Å². The van der Waals surface area contributed by atoms with Crippen molar-refractivity contribution in [3.05, 3.63) is 26.6 Å². The first-order chi connectivity index (χ1) is 7.22. The number of aromatic amines is 1. The van der Waals surface area contributed by atoms with Gasteiger partial charge in [0.25, 0.3) is 0 Å². The van der Waals surface area contributed by atoms with Crippen LogP contribution in [-0.4, -0.2) is 17.2 Å². The molecule has 0 aliphatic heterocycles. The fourth-order valence-corrected chi connectivity index (χ4v) is 2.96. The van der Waals surface area contributed by atoms with Gasteiger partial charge in [-0.2, -0.15) is 5.10 Å². The Hall–Kier alpha value is -0.360. The van der Waals surface area contributed by atoms with Crippen molar-refractivity contribution in [2.45, 2.75) is 6.54 Å². The molecule has 0 atom stereocenters. The molecule has 2 aromatic heterocycles. The van der Waals surface area contributed by atoms with Crippen molar-refractivity contribution >= 4 is 38.9 Å². The second-order valence-electron chi connectivity index (χ2n) is 3.00. The number of hydrogen-bond donors (Lipinski definition) is 2. The maximum Gasteiger partial charge on any atom is 0.117 e. The molecule has 0 spiro atoms. The molecule has 0 radical (unpaired) electrons. The summed E-state index contributed by atoms with van der Waals surface area (Å²) in [5, 5.41) is 10.3. The van der Waals surface area contributed by atoms with Crippen LogP contribution >= 0.6 is 38.9 Å². The van der Waals surface area contributed by atoms with E-state index in [1.165, 1.54) is 11.3 Å². The third kappa shape index (κ3) is 2.25. The molecular formula is C9H9BrClN3S. The lowest BCUT2D eigenvalue weighted by molar-refractivity contribution is 0.781. The lowest BCUT2D eigenvalue weighted by Crippen LogP contribution is -2.05. The van der Waals surface area contributed by atoms with E-state index in [0.29, 0.717) is 0 Å². The van der Waals surface area contributed by atoms with Crippen molar-refractivity contribution in [3.8, 4) is 10.6 Å². The number of nitrogens with one attached hydrogen (secondary N) is 2. The minimum absolute atomic E-state index is 0.757. The van der Waals surface area contributed by atoms with Crippen molar-refractivity contribution in [1.82, 2.24) is 15.5 Å². The second-order valence-corrected chi connectivity index (χ2v) is 5.51. The smallest absolute Gasteiger partial charge is 0.117 e. The molecule has 0 saturated carbocycles. The highest BCUT2D eigenvalue weighted by Gasteiger charge is 2.13. The Bertz CT molecular complexity index is 466. The van der Waals surface area contributed by atoms with E-state index in [9.17, 15) is 0 Å². The molecule has 0 aliphatic rings. The highest BCUT2D eigenvalue weighted by atomic mass is 79.9. The number of thiophene rings is 1. The zero-order valence-electron chi connectivity index (χ0n) is 7.97. The summed E-state index contributed by atoms with van der Waals surface area (Å²) in [6, 6.07) is 3.84. The predicted molar refractivity (Wildman–Crippen MR) is 67.4 cm³/mol. The Morgan fingerprint density at radius 3 is 3.00 bits per heavy atom. The Labute approximate surface area is 105 Å². The lowest BCUT2D eigenvalue weighted by atomic mass is 10.3. The van der Waals surface area contributed by atoms with E-state index in [2.05, 4.69) is 31.4 Å². The van der Waals surface area contributed by atoms with Gasteiger partial charge >= 0.3 is 0 Å². The Kier molecular flexibility index (Phi) is 3.45. The van der Waals surface area contributed by atoms with E-state index in [1.54, 1.807) is 0 Å². The number of halogens is 2. The molecule has 2 rings (SSSR count). The average molecular weight is 307 g/mol. The standard InChI is InChI=1S/C9H9BrClN3S/c1-12-4-5-8(10)9(14-13-5)6-2-3-7(11)15-6/h2-3,12H,4H2,1H3,(H,13,14). The van der Waals surface area contributed by atoms with Crippen molar-refractivity contribution < 1.29 is 0 Å². The molecule has 3 nitrogen and oxygen atoms in total. The molecule has 2 heterocycles. The molecule has 2 N–H and O–H groups in total. The summed E-state index contributed by atoms with van der Waals surface area (Å²) in [4.78, 5) is 1.06. The molecular weight excluding hydrogens is 298 g/mol. The summed E-state index contributed by atoms with van der Waals surface area (Å²) in [6.45, 7) is 0.757. The van der Waals surface area contributed by atoms with Crippen molar-refractivity contribution in [2.75, 3.05) is 7.05 Å². The molecule has 6 heteroatoms. The van der Waals surface area contributed by atoms with Crippen molar-refractivity contribution in [1.29, 1.82) is 0 Å². The van der Waals surface area contributed by atoms with Gasteiger partial charge in [0.05, 0.1) is 19.4 Å². The predicted octanol–water partition coefficient (Wildman–Crippen LogP) is 3.27. The van der Waals surface area contributed by atoms with Crippen LogP contribution in [0, 0.1) is 0 Å². The van der Waals surface area contributed by atoms with E-state index in [-0.39, 0.29) is 0 Å². The Balaban J connectivity index is 2.37. The van der Waals surface area contributed by atoms with Gasteiger partial charge in [-0.3, -0.25) is 5.10 Å². The first kappa shape index (κ1) is 11.1. The van der Waals surface area contributed by atoms with Crippen LogP contribution in [0.4, 0.5) is 0 Å². The van der Waals surface area contributed by atoms with Crippen molar-refractivity contribution in [3.63, 3.8) is 0 Å². The number of rotatable bonds is 3. The summed E-state index contributed by atoms with van der Waals surface area (Å²) < 4.78 is 1.77. The first-order valence-corrected chi connectivity index (χ1v) is 6.34. The van der Waals surface area contributed by atoms with E-state index in [0.717, 1.165) is 31.6 Å². The monoisotopic (exact) mass is 305 g/mol. The fourth-order valence-electron chi connectivity index (χ4n) is 1.26.